The molecule has 19 heavy (non-hydrogen) atoms. The molecule has 2 rings (SSSR count). The lowest BCUT2D eigenvalue weighted by Gasteiger charge is -2.32. The quantitative estimate of drug-likeness (QED) is 0.757. The fraction of sp³-hybridized carbons (Fsp3) is 0.583. The van der Waals surface area contributed by atoms with E-state index in [1.807, 2.05) is 20.0 Å². The van der Waals surface area contributed by atoms with Crippen LogP contribution in [-0.2, 0) is 29.6 Å². The fourth-order valence-corrected chi connectivity index (χ4v) is 2.20. The molecule has 0 aliphatic carbocycles. The molecule has 0 bridgehead atoms. The number of nitrogens with zero attached hydrogens (tertiary/aromatic N) is 3. The van der Waals surface area contributed by atoms with Crippen LogP contribution in [0.1, 0.15) is 18.3 Å². The van der Waals surface area contributed by atoms with Gasteiger partial charge in [0, 0.05) is 20.1 Å². The molecule has 1 aliphatic rings. The number of aromatic nitrogens is 2. The van der Waals surface area contributed by atoms with E-state index >= 15 is 0 Å². The second-order valence-electron chi connectivity index (χ2n) is 4.67. The Morgan fingerprint density at radius 1 is 1.63 bits per heavy atom. The maximum Gasteiger partial charge on any atom is 0.322 e. The molecule has 1 aliphatic heterocycles. The first-order valence-electron chi connectivity index (χ1n) is 6.26. The molecule has 1 amide bonds. The molecule has 0 saturated carbocycles. The van der Waals surface area contributed by atoms with Gasteiger partial charge in [-0.1, -0.05) is 6.92 Å². The molecule has 1 aromatic heterocycles. The molecule has 7 heteroatoms. The number of rotatable bonds is 4. The van der Waals surface area contributed by atoms with E-state index in [1.165, 1.54) is 0 Å². The minimum atomic E-state index is -0.919. The van der Waals surface area contributed by atoms with Crippen LogP contribution in [0.5, 0.6) is 0 Å². The van der Waals surface area contributed by atoms with Gasteiger partial charge in [-0.25, -0.2) is 0 Å². The summed E-state index contributed by atoms with van der Waals surface area (Å²) in [4.78, 5) is 24.3. The van der Waals surface area contributed by atoms with Gasteiger partial charge in [0.15, 0.2) is 0 Å². The lowest BCUT2D eigenvalue weighted by atomic mass is 10.1. The highest BCUT2D eigenvalue weighted by Crippen LogP contribution is 2.12. The maximum atomic E-state index is 11.4. The number of amides is 1. The summed E-state index contributed by atoms with van der Waals surface area (Å²) in [6.07, 6.45) is 0.830. The molecule has 1 saturated heterocycles. The predicted octanol–water partition coefficient (Wildman–Crippen LogP) is -0.632. The highest BCUT2D eigenvalue weighted by Gasteiger charge is 2.32. The number of nitrogens with one attached hydrogen (secondary N) is 1. The van der Waals surface area contributed by atoms with Gasteiger partial charge in [0.25, 0.3) is 0 Å². The third-order valence-electron chi connectivity index (χ3n) is 3.32. The molecular weight excluding hydrogens is 248 g/mol. The summed E-state index contributed by atoms with van der Waals surface area (Å²) >= 11 is 0. The van der Waals surface area contributed by atoms with Crippen LogP contribution in [0, 0.1) is 0 Å². The lowest BCUT2D eigenvalue weighted by Crippen LogP contribution is -2.57. The first-order chi connectivity index (χ1) is 9.01. The Labute approximate surface area is 111 Å². The van der Waals surface area contributed by atoms with E-state index in [1.54, 1.807) is 9.58 Å². The van der Waals surface area contributed by atoms with Gasteiger partial charge in [-0.3, -0.25) is 19.2 Å². The van der Waals surface area contributed by atoms with Crippen LogP contribution in [0.3, 0.4) is 0 Å². The predicted molar refractivity (Wildman–Crippen MR) is 67.4 cm³/mol. The van der Waals surface area contributed by atoms with Crippen molar-refractivity contribution in [1.29, 1.82) is 0 Å². The topological polar surface area (TPSA) is 87.5 Å². The van der Waals surface area contributed by atoms with Gasteiger partial charge in [0.2, 0.25) is 5.91 Å². The fourth-order valence-electron chi connectivity index (χ4n) is 2.20. The monoisotopic (exact) mass is 266 g/mol. The number of aryl methyl sites for hydroxylation is 2. The van der Waals surface area contributed by atoms with Crippen molar-refractivity contribution in [3.05, 3.63) is 17.5 Å². The molecule has 1 atom stereocenters. The summed E-state index contributed by atoms with van der Waals surface area (Å²) in [6.45, 7) is 2.67. The average molecular weight is 266 g/mol. The Hall–Kier alpha value is -1.89. The van der Waals surface area contributed by atoms with Gasteiger partial charge < -0.3 is 10.4 Å². The third-order valence-corrected chi connectivity index (χ3v) is 3.32. The minimum absolute atomic E-state index is 0.101. The SMILES string of the molecule is CCc1cc(CN2CC(=O)NCC2C(=O)O)n(C)n1. The number of hydrogen-bond donors (Lipinski definition) is 2. The van der Waals surface area contributed by atoms with E-state index in [9.17, 15) is 14.7 Å². The van der Waals surface area contributed by atoms with Gasteiger partial charge in [-0.05, 0) is 12.5 Å². The average Bonchev–Trinajstić information content (AvgIpc) is 2.70. The smallest absolute Gasteiger partial charge is 0.322 e. The molecule has 2 heterocycles. The van der Waals surface area contributed by atoms with Gasteiger partial charge >= 0.3 is 5.97 Å². The van der Waals surface area contributed by atoms with E-state index in [0.717, 1.165) is 17.8 Å². The van der Waals surface area contributed by atoms with Crippen LogP contribution in [0.4, 0.5) is 0 Å². The van der Waals surface area contributed by atoms with Crippen molar-refractivity contribution in [2.75, 3.05) is 13.1 Å². The van der Waals surface area contributed by atoms with E-state index < -0.39 is 12.0 Å². The molecule has 104 valence electrons. The molecule has 1 unspecified atom stereocenters. The zero-order valence-electron chi connectivity index (χ0n) is 11.1. The van der Waals surface area contributed by atoms with Crippen LogP contribution in [0.2, 0.25) is 0 Å². The summed E-state index contributed by atoms with van der Waals surface area (Å²) in [6, 6.07) is 1.27. The largest absolute Gasteiger partial charge is 0.480 e. The Bertz CT molecular complexity index is 497. The zero-order chi connectivity index (χ0) is 14.0. The Kier molecular flexibility index (Phi) is 3.84. The number of carbonyl (C=O) groups excluding carboxylic acids is 1. The number of aliphatic carboxylic acids is 1. The molecule has 1 fully saturated rings. The van der Waals surface area contributed by atoms with Crippen molar-refractivity contribution in [1.82, 2.24) is 20.0 Å². The van der Waals surface area contributed by atoms with Crippen LogP contribution >= 0.6 is 0 Å². The first-order valence-corrected chi connectivity index (χ1v) is 6.26. The molecule has 0 radical (unpaired) electrons. The van der Waals surface area contributed by atoms with Crippen LogP contribution in [0.25, 0.3) is 0 Å². The number of carboxylic acids is 1. The third kappa shape index (κ3) is 2.93. The highest BCUT2D eigenvalue weighted by atomic mass is 16.4. The lowest BCUT2D eigenvalue weighted by molar-refractivity contribution is -0.146. The van der Waals surface area contributed by atoms with Crippen molar-refractivity contribution in [2.45, 2.75) is 25.9 Å². The van der Waals surface area contributed by atoms with E-state index in [0.29, 0.717) is 6.54 Å². The van der Waals surface area contributed by atoms with Crippen LogP contribution < -0.4 is 5.32 Å². The zero-order valence-corrected chi connectivity index (χ0v) is 11.1. The Balaban J connectivity index is 2.15. The highest BCUT2D eigenvalue weighted by molar-refractivity contribution is 5.83. The molecule has 2 N–H and O–H groups in total. The molecule has 0 aromatic carbocycles. The van der Waals surface area contributed by atoms with Crippen molar-refractivity contribution >= 4 is 11.9 Å². The summed E-state index contributed by atoms with van der Waals surface area (Å²) in [5.74, 6) is -1.06. The van der Waals surface area contributed by atoms with Crippen molar-refractivity contribution in [3.8, 4) is 0 Å². The second kappa shape index (κ2) is 5.40. The number of carbonyl (C=O) groups is 2. The summed E-state index contributed by atoms with van der Waals surface area (Å²) in [5.41, 5.74) is 1.88. The molecule has 7 nitrogen and oxygen atoms in total. The van der Waals surface area contributed by atoms with Gasteiger partial charge in [-0.2, -0.15) is 5.10 Å². The summed E-state index contributed by atoms with van der Waals surface area (Å²) < 4.78 is 1.74. The maximum absolute atomic E-state index is 11.4. The van der Waals surface area contributed by atoms with Gasteiger partial charge in [-0.15, -0.1) is 0 Å². The van der Waals surface area contributed by atoms with Crippen molar-refractivity contribution in [3.63, 3.8) is 0 Å². The first kappa shape index (κ1) is 13.5. The molecule has 1 aromatic rings. The number of hydrogen-bond acceptors (Lipinski definition) is 4. The standard InChI is InChI=1S/C12H18N4O3/c1-3-8-4-9(15(2)14-8)6-16-7-11(17)13-5-10(16)12(18)19/h4,10H,3,5-7H2,1-2H3,(H,13,17)(H,18,19). The minimum Gasteiger partial charge on any atom is -0.480 e. The number of carboxylic acid groups (broad SMARTS) is 1. The Morgan fingerprint density at radius 2 is 2.37 bits per heavy atom. The van der Waals surface area contributed by atoms with E-state index in [2.05, 4.69) is 10.4 Å². The van der Waals surface area contributed by atoms with Gasteiger partial charge in [0.05, 0.1) is 17.9 Å². The van der Waals surface area contributed by atoms with Gasteiger partial charge in [0.1, 0.15) is 6.04 Å². The van der Waals surface area contributed by atoms with Crippen molar-refractivity contribution in [2.24, 2.45) is 7.05 Å². The molecular formula is C12H18N4O3. The Morgan fingerprint density at radius 3 is 2.95 bits per heavy atom. The second-order valence-corrected chi connectivity index (χ2v) is 4.67. The van der Waals surface area contributed by atoms with Crippen LogP contribution in [-0.4, -0.2) is 50.8 Å². The van der Waals surface area contributed by atoms with Crippen LogP contribution in [0.15, 0.2) is 6.07 Å². The van der Waals surface area contributed by atoms with Crippen molar-refractivity contribution < 1.29 is 14.7 Å². The van der Waals surface area contributed by atoms with E-state index in [-0.39, 0.29) is 19.0 Å². The number of piperazine rings is 1. The summed E-state index contributed by atoms with van der Waals surface area (Å²) in [5, 5.41) is 16.1. The normalized spacial score (nSPS) is 20.3. The summed E-state index contributed by atoms with van der Waals surface area (Å²) in [7, 11) is 1.83. The van der Waals surface area contributed by atoms with E-state index in [4.69, 9.17) is 0 Å². The molecule has 0 spiro atoms.